The number of hydrogen-bond acceptors (Lipinski definition) is 3. The average molecular weight is 320 g/mol. The Kier molecular flexibility index (Phi) is 5.56. The molecule has 1 N–H and O–H groups in total. The topological polar surface area (TPSA) is 30.5 Å². The molecule has 0 saturated carbocycles. The number of halogens is 1. The number of hydrogen-bond donors (Lipinski definition) is 1. The lowest BCUT2D eigenvalue weighted by Gasteiger charge is -2.16. The van der Waals surface area contributed by atoms with Gasteiger partial charge >= 0.3 is 0 Å². The Labute approximate surface area is 137 Å². The largest absolute Gasteiger partial charge is 0.493 e. The molecule has 0 fully saturated rings. The van der Waals surface area contributed by atoms with Crippen molar-refractivity contribution in [2.45, 2.75) is 33.4 Å². The van der Waals surface area contributed by atoms with Gasteiger partial charge in [0, 0.05) is 12.2 Å². The fourth-order valence-corrected chi connectivity index (χ4v) is 2.38. The summed E-state index contributed by atoms with van der Waals surface area (Å²) in [7, 11) is 1.62. The van der Waals surface area contributed by atoms with Crippen LogP contribution in [0.1, 0.15) is 25.0 Å². The van der Waals surface area contributed by atoms with Gasteiger partial charge in [-0.15, -0.1) is 0 Å². The number of rotatable bonds is 6. The van der Waals surface area contributed by atoms with Crippen molar-refractivity contribution in [1.82, 2.24) is 0 Å². The molecule has 0 heterocycles. The SMILES string of the molecule is COc1cc(CNc2ccc(C)cc2)cc(Cl)c1OC(C)C. The molecule has 0 aromatic heterocycles. The van der Waals surface area contributed by atoms with Crippen LogP contribution in [0.25, 0.3) is 0 Å². The van der Waals surface area contributed by atoms with Gasteiger partial charge in [0.05, 0.1) is 18.2 Å². The highest BCUT2D eigenvalue weighted by atomic mass is 35.5. The third-order valence-electron chi connectivity index (χ3n) is 3.19. The first-order chi connectivity index (χ1) is 10.5. The van der Waals surface area contributed by atoms with Gasteiger partial charge in [0.1, 0.15) is 0 Å². The van der Waals surface area contributed by atoms with E-state index in [0.29, 0.717) is 23.1 Å². The molecule has 0 radical (unpaired) electrons. The van der Waals surface area contributed by atoms with E-state index in [2.05, 4.69) is 36.5 Å². The molecule has 118 valence electrons. The highest BCUT2D eigenvalue weighted by molar-refractivity contribution is 6.32. The lowest BCUT2D eigenvalue weighted by atomic mass is 10.1. The first-order valence-electron chi connectivity index (χ1n) is 7.33. The van der Waals surface area contributed by atoms with Crippen molar-refractivity contribution in [3.63, 3.8) is 0 Å². The Bertz CT molecular complexity index is 624. The average Bonchev–Trinajstić information content (AvgIpc) is 2.48. The predicted molar refractivity (Wildman–Crippen MR) is 92.3 cm³/mol. The minimum Gasteiger partial charge on any atom is -0.493 e. The van der Waals surface area contributed by atoms with Crippen LogP contribution >= 0.6 is 11.6 Å². The van der Waals surface area contributed by atoms with Crippen LogP contribution in [0.3, 0.4) is 0 Å². The fourth-order valence-electron chi connectivity index (χ4n) is 2.10. The van der Waals surface area contributed by atoms with Gasteiger partial charge in [0.25, 0.3) is 0 Å². The van der Waals surface area contributed by atoms with E-state index >= 15 is 0 Å². The smallest absolute Gasteiger partial charge is 0.180 e. The lowest BCUT2D eigenvalue weighted by Crippen LogP contribution is -2.08. The summed E-state index contributed by atoms with van der Waals surface area (Å²) in [5, 5.41) is 3.94. The third kappa shape index (κ3) is 4.31. The number of benzene rings is 2. The molecule has 0 amide bonds. The van der Waals surface area contributed by atoms with Crippen LogP contribution < -0.4 is 14.8 Å². The zero-order valence-electron chi connectivity index (χ0n) is 13.4. The second-order valence-electron chi connectivity index (χ2n) is 5.50. The van der Waals surface area contributed by atoms with Gasteiger partial charge in [0.15, 0.2) is 11.5 Å². The second kappa shape index (κ2) is 7.41. The summed E-state index contributed by atoms with van der Waals surface area (Å²) in [5.41, 5.74) is 3.35. The van der Waals surface area contributed by atoms with Gasteiger partial charge in [0.2, 0.25) is 0 Å². The van der Waals surface area contributed by atoms with Crippen LogP contribution in [0, 0.1) is 6.92 Å². The molecular formula is C18H22ClNO2. The highest BCUT2D eigenvalue weighted by Gasteiger charge is 2.13. The summed E-state index contributed by atoms with van der Waals surface area (Å²) in [4.78, 5) is 0. The van der Waals surface area contributed by atoms with Crippen molar-refractivity contribution >= 4 is 17.3 Å². The van der Waals surface area contributed by atoms with E-state index in [1.807, 2.05) is 26.0 Å². The van der Waals surface area contributed by atoms with Crippen LogP contribution in [-0.2, 0) is 6.54 Å². The lowest BCUT2D eigenvalue weighted by molar-refractivity contribution is 0.230. The zero-order chi connectivity index (χ0) is 16.1. The molecule has 0 aliphatic carbocycles. The van der Waals surface area contributed by atoms with Gasteiger partial charge in [-0.3, -0.25) is 0 Å². The van der Waals surface area contributed by atoms with E-state index in [1.54, 1.807) is 7.11 Å². The van der Waals surface area contributed by atoms with Gasteiger partial charge in [-0.2, -0.15) is 0 Å². The molecule has 3 nitrogen and oxygen atoms in total. The van der Waals surface area contributed by atoms with E-state index in [4.69, 9.17) is 21.1 Å². The Morgan fingerprint density at radius 3 is 2.41 bits per heavy atom. The molecule has 0 unspecified atom stereocenters. The van der Waals surface area contributed by atoms with E-state index in [-0.39, 0.29) is 6.10 Å². The van der Waals surface area contributed by atoms with E-state index < -0.39 is 0 Å². The molecular weight excluding hydrogens is 298 g/mol. The van der Waals surface area contributed by atoms with Gasteiger partial charge in [-0.1, -0.05) is 29.3 Å². The number of methoxy groups -OCH3 is 1. The van der Waals surface area contributed by atoms with E-state index in [9.17, 15) is 0 Å². The molecule has 0 aliphatic heterocycles. The number of anilines is 1. The molecule has 22 heavy (non-hydrogen) atoms. The zero-order valence-corrected chi connectivity index (χ0v) is 14.2. The van der Waals surface area contributed by atoms with Crippen LogP contribution in [-0.4, -0.2) is 13.2 Å². The molecule has 2 aromatic rings. The van der Waals surface area contributed by atoms with Crippen LogP contribution in [0.4, 0.5) is 5.69 Å². The normalized spacial score (nSPS) is 10.6. The molecule has 2 rings (SSSR count). The van der Waals surface area contributed by atoms with Crippen LogP contribution in [0.15, 0.2) is 36.4 Å². The Morgan fingerprint density at radius 1 is 1.14 bits per heavy atom. The summed E-state index contributed by atoms with van der Waals surface area (Å²) < 4.78 is 11.1. The summed E-state index contributed by atoms with van der Waals surface area (Å²) in [6.45, 7) is 6.66. The summed E-state index contributed by atoms with van der Waals surface area (Å²) in [6, 6.07) is 12.1. The van der Waals surface area contributed by atoms with Crippen molar-refractivity contribution in [3.05, 3.63) is 52.5 Å². The number of ether oxygens (including phenoxy) is 2. The number of nitrogens with one attached hydrogen (secondary N) is 1. The van der Waals surface area contributed by atoms with Crippen molar-refractivity contribution in [2.75, 3.05) is 12.4 Å². The summed E-state index contributed by atoms with van der Waals surface area (Å²) in [5.74, 6) is 1.25. The molecule has 4 heteroatoms. The maximum absolute atomic E-state index is 6.33. The van der Waals surface area contributed by atoms with E-state index in [0.717, 1.165) is 11.3 Å². The maximum atomic E-state index is 6.33. The first kappa shape index (κ1) is 16.5. The Balaban J connectivity index is 2.14. The fraction of sp³-hybridized carbons (Fsp3) is 0.333. The Hall–Kier alpha value is -1.87. The second-order valence-corrected chi connectivity index (χ2v) is 5.90. The van der Waals surface area contributed by atoms with Crippen molar-refractivity contribution < 1.29 is 9.47 Å². The monoisotopic (exact) mass is 319 g/mol. The summed E-state index contributed by atoms with van der Waals surface area (Å²) >= 11 is 6.33. The van der Waals surface area contributed by atoms with Crippen molar-refractivity contribution in [3.8, 4) is 11.5 Å². The van der Waals surface area contributed by atoms with Gasteiger partial charge in [-0.25, -0.2) is 0 Å². The predicted octanol–water partition coefficient (Wildman–Crippen LogP) is 5.06. The minimum absolute atomic E-state index is 0.0444. The molecule has 0 aliphatic rings. The molecule has 2 aromatic carbocycles. The van der Waals surface area contributed by atoms with Gasteiger partial charge in [-0.05, 0) is 50.6 Å². The standard InChI is InChI=1S/C18H22ClNO2/c1-12(2)22-18-16(19)9-14(10-17(18)21-4)11-20-15-7-5-13(3)6-8-15/h5-10,12,20H,11H2,1-4H3. The molecule has 0 saturated heterocycles. The maximum Gasteiger partial charge on any atom is 0.180 e. The minimum atomic E-state index is 0.0444. The quantitative estimate of drug-likeness (QED) is 0.807. The first-order valence-corrected chi connectivity index (χ1v) is 7.71. The van der Waals surface area contributed by atoms with Crippen LogP contribution in [0.2, 0.25) is 5.02 Å². The number of aryl methyl sites for hydroxylation is 1. The van der Waals surface area contributed by atoms with Crippen molar-refractivity contribution in [2.24, 2.45) is 0 Å². The summed E-state index contributed by atoms with van der Waals surface area (Å²) in [6.07, 6.45) is 0.0444. The highest BCUT2D eigenvalue weighted by Crippen LogP contribution is 2.37. The van der Waals surface area contributed by atoms with Crippen molar-refractivity contribution in [1.29, 1.82) is 0 Å². The molecule has 0 spiro atoms. The van der Waals surface area contributed by atoms with Gasteiger partial charge < -0.3 is 14.8 Å². The van der Waals surface area contributed by atoms with E-state index in [1.165, 1.54) is 5.56 Å². The molecule has 0 bridgehead atoms. The third-order valence-corrected chi connectivity index (χ3v) is 3.47. The Morgan fingerprint density at radius 2 is 1.82 bits per heavy atom. The van der Waals surface area contributed by atoms with Crippen LogP contribution in [0.5, 0.6) is 11.5 Å². The molecule has 0 atom stereocenters.